The smallest absolute Gasteiger partial charge is 0.303 e. The number of piperidine rings is 1. The number of aliphatic carboxylic acids is 1. The summed E-state index contributed by atoms with van der Waals surface area (Å²) in [4.78, 5) is 36.5. The topological polar surface area (TPSA) is 86.7 Å². The monoisotopic (exact) mass is 312 g/mol. The van der Waals surface area contributed by atoms with Gasteiger partial charge in [0.2, 0.25) is 11.8 Å². The van der Waals surface area contributed by atoms with E-state index < -0.39 is 5.97 Å². The molecule has 0 saturated carbocycles. The van der Waals surface area contributed by atoms with E-state index in [0.29, 0.717) is 19.4 Å². The highest BCUT2D eigenvalue weighted by atomic mass is 16.4. The second-order valence-corrected chi connectivity index (χ2v) is 7.18. The number of carbonyl (C=O) groups is 3. The van der Waals surface area contributed by atoms with Crippen molar-refractivity contribution in [3.63, 3.8) is 0 Å². The van der Waals surface area contributed by atoms with Gasteiger partial charge in [-0.25, -0.2) is 0 Å². The number of carbonyl (C=O) groups excluding carboxylic acids is 2. The number of likely N-dealkylation sites (tertiary alicyclic amines) is 1. The lowest BCUT2D eigenvalue weighted by Gasteiger charge is -2.35. The van der Waals surface area contributed by atoms with Crippen molar-refractivity contribution >= 4 is 17.8 Å². The first kappa shape index (κ1) is 18.5. The van der Waals surface area contributed by atoms with Crippen LogP contribution in [-0.4, -0.2) is 46.9 Å². The number of nitrogens with zero attached hydrogens (tertiary/aromatic N) is 1. The zero-order valence-electron chi connectivity index (χ0n) is 13.9. The molecule has 126 valence electrons. The third-order valence-electron chi connectivity index (χ3n) is 3.77. The van der Waals surface area contributed by atoms with Crippen molar-refractivity contribution in [3.8, 4) is 0 Å². The minimum atomic E-state index is -0.837. The number of carboxylic acid groups (broad SMARTS) is 1. The Labute approximate surface area is 132 Å². The zero-order valence-corrected chi connectivity index (χ0v) is 13.9. The van der Waals surface area contributed by atoms with Gasteiger partial charge < -0.3 is 15.3 Å². The van der Waals surface area contributed by atoms with Crippen LogP contribution in [0.3, 0.4) is 0 Å². The van der Waals surface area contributed by atoms with Crippen LogP contribution in [0.5, 0.6) is 0 Å². The molecule has 1 saturated heterocycles. The van der Waals surface area contributed by atoms with Crippen LogP contribution >= 0.6 is 0 Å². The maximum atomic E-state index is 12.3. The molecule has 1 aliphatic heterocycles. The van der Waals surface area contributed by atoms with Crippen LogP contribution in [0.2, 0.25) is 0 Å². The number of amides is 2. The predicted molar refractivity (Wildman–Crippen MR) is 83.3 cm³/mol. The van der Waals surface area contributed by atoms with Gasteiger partial charge in [0.05, 0.1) is 6.54 Å². The van der Waals surface area contributed by atoms with E-state index in [1.807, 2.05) is 20.8 Å². The molecule has 22 heavy (non-hydrogen) atoms. The maximum absolute atomic E-state index is 12.3. The van der Waals surface area contributed by atoms with Gasteiger partial charge in [0.1, 0.15) is 0 Å². The molecule has 0 bridgehead atoms. The molecule has 0 aromatic carbocycles. The van der Waals surface area contributed by atoms with E-state index in [9.17, 15) is 14.4 Å². The van der Waals surface area contributed by atoms with Crippen molar-refractivity contribution in [1.29, 1.82) is 0 Å². The summed E-state index contributed by atoms with van der Waals surface area (Å²) < 4.78 is 0. The third kappa shape index (κ3) is 6.91. The largest absolute Gasteiger partial charge is 0.481 e. The van der Waals surface area contributed by atoms with Crippen molar-refractivity contribution < 1.29 is 19.5 Å². The van der Waals surface area contributed by atoms with Crippen molar-refractivity contribution in [2.45, 2.75) is 65.3 Å². The van der Waals surface area contributed by atoms with Crippen LogP contribution in [0, 0.1) is 5.41 Å². The first-order valence-electron chi connectivity index (χ1n) is 7.97. The molecule has 0 aliphatic carbocycles. The van der Waals surface area contributed by atoms with E-state index in [1.54, 1.807) is 4.90 Å². The average Bonchev–Trinajstić information content (AvgIpc) is 2.41. The number of hydrogen-bond acceptors (Lipinski definition) is 3. The Morgan fingerprint density at radius 2 is 1.91 bits per heavy atom. The number of carboxylic acids is 1. The summed E-state index contributed by atoms with van der Waals surface area (Å²) in [5.74, 6) is -1.08. The van der Waals surface area contributed by atoms with Crippen molar-refractivity contribution in [3.05, 3.63) is 0 Å². The Bertz CT molecular complexity index is 415. The number of nitrogens with one attached hydrogen (secondary N) is 1. The highest BCUT2D eigenvalue weighted by molar-refractivity contribution is 5.85. The summed E-state index contributed by atoms with van der Waals surface area (Å²) in [6, 6.07) is -0.0168. The summed E-state index contributed by atoms with van der Waals surface area (Å²) >= 11 is 0. The lowest BCUT2D eigenvalue weighted by Crippen LogP contribution is -2.48. The molecule has 2 N–H and O–H groups in total. The van der Waals surface area contributed by atoms with Gasteiger partial charge in [-0.2, -0.15) is 0 Å². The molecule has 1 unspecified atom stereocenters. The predicted octanol–water partition coefficient (Wildman–Crippen LogP) is 1.78. The van der Waals surface area contributed by atoms with E-state index >= 15 is 0 Å². The summed E-state index contributed by atoms with van der Waals surface area (Å²) in [6.07, 6.45) is 3.73. The molecule has 2 amide bonds. The fourth-order valence-corrected chi connectivity index (χ4v) is 2.74. The molecule has 1 rings (SSSR count). The summed E-state index contributed by atoms with van der Waals surface area (Å²) in [6.45, 7) is 6.57. The van der Waals surface area contributed by atoms with Crippen LogP contribution in [0.25, 0.3) is 0 Å². The maximum Gasteiger partial charge on any atom is 0.303 e. The summed E-state index contributed by atoms with van der Waals surface area (Å²) in [5.41, 5.74) is -0.109. The Balaban J connectivity index is 2.47. The van der Waals surface area contributed by atoms with Crippen molar-refractivity contribution in [2.75, 3.05) is 13.1 Å². The molecule has 1 aliphatic rings. The lowest BCUT2D eigenvalue weighted by atomic mass is 9.92. The quantitative estimate of drug-likeness (QED) is 0.783. The molecule has 0 spiro atoms. The average molecular weight is 312 g/mol. The van der Waals surface area contributed by atoms with Crippen molar-refractivity contribution in [1.82, 2.24) is 10.2 Å². The second kappa shape index (κ2) is 8.15. The van der Waals surface area contributed by atoms with Crippen LogP contribution in [0.4, 0.5) is 0 Å². The van der Waals surface area contributed by atoms with Gasteiger partial charge in [0.15, 0.2) is 0 Å². The van der Waals surface area contributed by atoms with Gasteiger partial charge >= 0.3 is 5.97 Å². The molecule has 1 atom stereocenters. The summed E-state index contributed by atoms with van der Waals surface area (Å²) in [5, 5.41) is 11.5. The molecule has 6 nitrogen and oxygen atoms in total. The lowest BCUT2D eigenvalue weighted by molar-refractivity contribution is -0.140. The molecule has 6 heteroatoms. The highest BCUT2D eigenvalue weighted by Gasteiger charge is 2.27. The molecular formula is C16H28N2O4. The first-order valence-corrected chi connectivity index (χ1v) is 7.97. The normalized spacial score (nSPS) is 18.9. The minimum Gasteiger partial charge on any atom is -0.481 e. The van der Waals surface area contributed by atoms with E-state index in [4.69, 9.17) is 5.11 Å². The van der Waals surface area contributed by atoms with E-state index in [2.05, 4.69) is 5.32 Å². The Hall–Kier alpha value is -1.59. The molecule has 0 radical (unpaired) electrons. The first-order chi connectivity index (χ1) is 10.2. The number of hydrogen-bond donors (Lipinski definition) is 2. The minimum absolute atomic E-state index is 0.00150. The molecular weight excluding hydrogens is 284 g/mol. The molecule has 0 aromatic rings. The Morgan fingerprint density at radius 1 is 1.23 bits per heavy atom. The Kier molecular flexibility index (Phi) is 6.84. The molecule has 1 heterocycles. The standard InChI is InChI=1S/C16H28N2O4/c1-16(2,3)10-13(19)17-11-14(20)18-9-5-4-6-12(18)7-8-15(21)22/h12H,4-11H2,1-3H3,(H,17,19)(H,21,22). The van der Waals surface area contributed by atoms with Gasteiger partial charge in [0, 0.05) is 25.4 Å². The van der Waals surface area contributed by atoms with Gasteiger partial charge in [0.25, 0.3) is 0 Å². The van der Waals surface area contributed by atoms with E-state index in [1.165, 1.54) is 0 Å². The van der Waals surface area contributed by atoms with Crippen LogP contribution < -0.4 is 5.32 Å². The van der Waals surface area contributed by atoms with Crippen LogP contribution in [0.1, 0.15) is 59.3 Å². The van der Waals surface area contributed by atoms with Gasteiger partial charge in [-0.05, 0) is 31.1 Å². The van der Waals surface area contributed by atoms with Crippen LogP contribution in [0.15, 0.2) is 0 Å². The highest BCUT2D eigenvalue weighted by Crippen LogP contribution is 2.21. The van der Waals surface area contributed by atoms with Crippen molar-refractivity contribution in [2.24, 2.45) is 5.41 Å². The van der Waals surface area contributed by atoms with E-state index in [-0.39, 0.29) is 36.2 Å². The van der Waals surface area contributed by atoms with Gasteiger partial charge in [-0.15, -0.1) is 0 Å². The summed E-state index contributed by atoms with van der Waals surface area (Å²) in [7, 11) is 0. The second-order valence-electron chi connectivity index (χ2n) is 7.18. The molecule has 1 fully saturated rings. The van der Waals surface area contributed by atoms with Gasteiger partial charge in [-0.3, -0.25) is 14.4 Å². The Morgan fingerprint density at radius 3 is 2.50 bits per heavy atom. The SMILES string of the molecule is CC(C)(C)CC(=O)NCC(=O)N1CCCCC1CCC(=O)O. The fraction of sp³-hybridized carbons (Fsp3) is 0.812. The molecule has 0 aromatic heterocycles. The number of rotatable bonds is 6. The fourth-order valence-electron chi connectivity index (χ4n) is 2.74. The van der Waals surface area contributed by atoms with E-state index in [0.717, 1.165) is 19.3 Å². The van der Waals surface area contributed by atoms with Crippen LogP contribution in [-0.2, 0) is 14.4 Å². The zero-order chi connectivity index (χ0) is 16.8. The third-order valence-corrected chi connectivity index (χ3v) is 3.77. The van der Waals surface area contributed by atoms with Gasteiger partial charge in [-0.1, -0.05) is 20.8 Å².